The van der Waals surface area contributed by atoms with Crippen molar-refractivity contribution < 1.29 is 14.4 Å². The third-order valence-electron chi connectivity index (χ3n) is 3.04. The van der Waals surface area contributed by atoms with Crippen molar-refractivity contribution in [2.24, 2.45) is 5.84 Å². The lowest BCUT2D eigenvalue weighted by atomic mass is 10.1. The molecular formula is C12H17N3O4. The fraction of sp³-hybridized carbons (Fsp3) is 0.500. The predicted octanol–water partition coefficient (Wildman–Crippen LogP) is 1.58. The number of nitro groups is 1. The lowest BCUT2D eigenvalue weighted by Crippen LogP contribution is -2.15. The van der Waals surface area contributed by atoms with Crippen LogP contribution in [-0.4, -0.2) is 24.2 Å². The van der Waals surface area contributed by atoms with Gasteiger partial charge in [0.25, 0.3) is 5.69 Å². The van der Waals surface area contributed by atoms with Gasteiger partial charge in [0.15, 0.2) is 0 Å². The maximum atomic E-state index is 10.7. The van der Waals surface area contributed by atoms with Crippen LogP contribution in [0.1, 0.15) is 18.4 Å². The molecule has 1 heterocycles. The number of hydrogen-bond donors (Lipinski definition) is 2. The molecule has 0 saturated carbocycles. The summed E-state index contributed by atoms with van der Waals surface area (Å²) in [6, 6.07) is 4.44. The number of nitro benzene ring substituents is 1. The molecule has 1 aromatic rings. The number of ether oxygens (including phenoxy) is 2. The Labute approximate surface area is 110 Å². The fourth-order valence-corrected chi connectivity index (χ4v) is 2.03. The van der Waals surface area contributed by atoms with Crippen molar-refractivity contribution in [3.63, 3.8) is 0 Å². The zero-order chi connectivity index (χ0) is 13.7. The largest absolute Gasteiger partial charge is 0.376 e. The maximum Gasteiger partial charge on any atom is 0.269 e. The van der Waals surface area contributed by atoms with E-state index < -0.39 is 4.92 Å². The lowest BCUT2D eigenvalue weighted by Gasteiger charge is -2.12. The van der Waals surface area contributed by atoms with E-state index in [1.807, 2.05) is 0 Å². The normalized spacial score (nSPS) is 18.5. The zero-order valence-corrected chi connectivity index (χ0v) is 10.5. The number of benzene rings is 1. The fourth-order valence-electron chi connectivity index (χ4n) is 2.03. The maximum absolute atomic E-state index is 10.7. The molecule has 19 heavy (non-hydrogen) atoms. The van der Waals surface area contributed by atoms with Crippen molar-refractivity contribution in [2.45, 2.75) is 25.6 Å². The molecule has 1 saturated heterocycles. The van der Waals surface area contributed by atoms with Crippen LogP contribution in [0.4, 0.5) is 11.4 Å². The predicted molar refractivity (Wildman–Crippen MR) is 69.5 cm³/mol. The summed E-state index contributed by atoms with van der Waals surface area (Å²) in [6.45, 7) is 1.54. The highest BCUT2D eigenvalue weighted by molar-refractivity contribution is 5.55. The molecule has 1 unspecified atom stereocenters. The van der Waals surface area contributed by atoms with Crippen molar-refractivity contribution >= 4 is 11.4 Å². The first-order valence-corrected chi connectivity index (χ1v) is 6.14. The number of hydrazine groups is 1. The summed E-state index contributed by atoms with van der Waals surface area (Å²) in [7, 11) is 0. The molecule has 104 valence electrons. The molecule has 7 nitrogen and oxygen atoms in total. The summed E-state index contributed by atoms with van der Waals surface area (Å²) in [5, 5.41) is 10.7. The van der Waals surface area contributed by atoms with Crippen LogP contribution < -0.4 is 11.3 Å². The number of nitrogen functional groups attached to an aromatic ring is 1. The van der Waals surface area contributed by atoms with Gasteiger partial charge < -0.3 is 14.9 Å². The monoisotopic (exact) mass is 267 g/mol. The Bertz CT molecular complexity index is 447. The Balaban J connectivity index is 1.96. The molecule has 0 radical (unpaired) electrons. The summed E-state index contributed by atoms with van der Waals surface area (Å²) < 4.78 is 11.0. The van der Waals surface area contributed by atoms with E-state index in [1.54, 1.807) is 6.07 Å². The first-order valence-electron chi connectivity index (χ1n) is 6.14. The summed E-state index contributed by atoms with van der Waals surface area (Å²) in [6.07, 6.45) is 2.19. The lowest BCUT2D eigenvalue weighted by molar-refractivity contribution is -0.384. The van der Waals surface area contributed by atoms with Crippen LogP contribution in [-0.2, 0) is 16.1 Å². The van der Waals surface area contributed by atoms with E-state index in [-0.39, 0.29) is 18.4 Å². The number of hydrogen-bond acceptors (Lipinski definition) is 6. The molecule has 3 N–H and O–H groups in total. The van der Waals surface area contributed by atoms with E-state index in [0.29, 0.717) is 17.9 Å². The number of rotatable bonds is 6. The van der Waals surface area contributed by atoms with Gasteiger partial charge in [-0.25, -0.2) is 0 Å². The molecule has 1 aliphatic rings. The number of nitrogens with one attached hydrogen (secondary N) is 1. The second-order valence-electron chi connectivity index (χ2n) is 4.39. The summed E-state index contributed by atoms with van der Waals surface area (Å²) in [5.41, 5.74) is 3.81. The highest BCUT2D eigenvalue weighted by Gasteiger charge is 2.16. The average Bonchev–Trinajstić information content (AvgIpc) is 2.91. The highest BCUT2D eigenvalue weighted by atomic mass is 16.6. The van der Waals surface area contributed by atoms with Crippen molar-refractivity contribution in [2.75, 3.05) is 18.6 Å². The van der Waals surface area contributed by atoms with E-state index in [1.165, 1.54) is 12.1 Å². The van der Waals surface area contributed by atoms with Crippen LogP contribution in [0, 0.1) is 10.1 Å². The van der Waals surface area contributed by atoms with E-state index >= 15 is 0 Å². The van der Waals surface area contributed by atoms with Crippen LogP contribution in [0.3, 0.4) is 0 Å². The summed E-state index contributed by atoms with van der Waals surface area (Å²) in [5.74, 6) is 5.37. The third kappa shape index (κ3) is 3.63. The molecule has 2 rings (SSSR count). The van der Waals surface area contributed by atoms with Crippen LogP contribution in [0.2, 0.25) is 0 Å². The van der Waals surface area contributed by atoms with Gasteiger partial charge in [-0.3, -0.25) is 16.0 Å². The molecule has 0 bridgehead atoms. The minimum absolute atomic E-state index is 0.0229. The van der Waals surface area contributed by atoms with Crippen LogP contribution in [0.15, 0.2) is 18.2 Å². The average molecular weight is 267 g/mol. The highest BCUT2D eigenvalue weighted by Crippen LogP contribution is 2.22. The number of nitrogens with zero attached hydrogens (tertiary/aromatic N) is 1. The molecular weight excluding hydrogens is 250 g/mol. The Morgan fingerprint density at radius 1 is 1.58 bits per heavy atom. The van der Waals surface area contributed by atoms with Gasteiger partial charge in [-0.2, -0.15) is 0 Å². The molecule has 7 heteroatoms. The smallest absolute Gasteiger partial charge is 0.269 e. The molecule has 1 aliphatic heterocycles. The van der Waals surface area contributed by atoms with Crippen LogP contribution >= 0.6 is 0 Å². The standard InChI is InChI=1S/C12H17N3O4/c13-14-12-4-3-10(15(16)17)6-9(12)7-18-8-11-2-1-5-19-11/h3-4,6,11,14H,1-2,5,7-8,13H2. The molecule has 0 amide bonds. The number of anilines is 1. The quantitative estimate of drug-likeness (QED) is 0.461. The SMILES string of the molecule is NNc1ccc([N+](=O)[O-])cc1COCC1CCCO1. The first-order chi connectivity index (χ1) is 9.20. The van der Waals surface area contributed by atoms with Gasteiger partial charge in [-0.15, -0.1) is 0 Å². The second kappa shape index (κ2) is 6.46. The van der Waals surface area contributed by atoms with Crippen molar-refractivity contribution in [1.82, 2.24) is 0 Å². The van der Waals surface area contributed by atoms with E-state index in [9.17, 15) is 10.1 Å². The van der Waals surface area contributed by atoms with E-state index in [0.717, 1.165) is 19.4 Å². The summed E-state index contributed by atoms with van der Waals surface area (Å²) in [4.78, 5) is 10.3. The number of nitrogens with two attached hydrogens (primary N) is 1. The summed E-state index contributed by atoms with van der Waals surface area (Å²) >= 11 is 0. The molecule has 1 aromatic carbocycles. The third-order valence-corrected chi connectivity index (χ3v) is 3.04. The van der Waals surface area contributed by atoms with Gasteiger partial charge in [0.1, 0.15) is 0 Å². The van der Waals surface area contributed by atoms with Crippen molar-refractivity contribution in [3.05, 3.63) is 33.9 Å². The van der Waals surface area contributed by atoms with Gasteiger partial charge in [0, 0.05) is 24.3 Å². The minimum atomic E-state index is -0.441. The Morgan fingerprint density at radius 2 is 2.42 bits per heavy atom. The van der Waals surface area contributed by atoms with Crippen molar-refractivity contribution in [1.29, 1.82) is 0 Å². The van der Waals surface area contributed by atoms with Gasteiger partial charge in [-0.05, 0) is 18.9 Å². The van der Waals surface area contributed by atoms with Crippen LogP contribution in [0.5, 0.6) is 0 Å². The molecule has 0 aromatic heterocycles. The molecule has 1 fully saturated rings. The Morgan fingerprint density at radius 3 is 3.05 bits per heavy atom. The van der Waals surface area contributed by atoms with Gasteiger partial charge >= 0.3 is 0 Å². The van der Waals surface area contributed by atoms with Gasteiger partial charge in [-0.1, -0.05) is 0 Å². The first kappa shape index (κ1) is 13.7. The molecule has 1 atom stereocenters. The molecule has 0 spiro atoms. The number of non-ortho nitro benzene ring substituents is 1. The van der Waals surface area contributed by atoms with Gasteiger partial charge in [0.2, 0.25) is 0 Å². The Kier molecular flexibility index (Phi) is 4.67. The van der Waals surface area contributed by atoms with Crippen LogP contribution in [0.25, 0.3) is 0 Å². The van der Waals surface area contributed by atoms with E-state index in [2.05, 4.69) is 5.43 Å². The molecule has 0 aliphatic carbocycles. The van der Waals surface area contributed by atoms with Gasteiger partial charge in [0.05, 0.1) is 29.9 Å². The Hall–Kier alpha value is -1.70. The second-order valence-corrected chi connectivity index (χ2v) is 4.39. The van der Waals surface area contributed by atoms with E-state index in [4.69, 9.17) is 15.3 Å². The minimum Gasteiger partial charge on any atom is -0.376 e. The van der Waals surface area contributed by atoms with Crippen molar-refractivity contribution in [3.8, 4) is 0 Å². The zero-order valence-electron chi connectivity index (χ0n) is 10.5. The topological polar surface area (TPSA) is 99.7 Å².